The number of likely N-dealkylation sites (tertiary alicyclic amines) is 1. The normalized spacial score (nSPS) is 22.5. The molecule has 2 aromatic heterocycles. The first-order valence-corrected chi connectivity index (χ1v) is 18.9. The van der Waals surface area contributed by atoms with E-state index in [0.29, 0.717) is 33.6 Å². The molecule has 5 atom stereocenters. The first-order valence-electron chi connectivity index (χ1n) is 18.9. The van der Waals surface area contributed by atoms with Gasteiger partial charge in [0.1, 0.15) is 17.7 Å². The summed E-state index contributed by atoms with van der Waals surface area (Å²) in [5.74, 6) is -1.68. The summed E-state index contributed by atoms with van der Waals surface area (Å²) < 4.78 is 37.5. The smallest absolute Gasteiger partial charge is 0.407 e. The Morgan fingerprint density at radius 1 is 0.891 bits per heavy atom. The van der Waals surface area contributed by atoms with Crippen LogP contribution >= 0.6 is 0 Å². The summed E-state index contributed by atoms with van der Waals surface area (Å²) in [7, 11) is 1.28. The van der Waals surface area contributed by atoms with E-state index in [1.807, 2.05) is 65.6 Å². The number of carbonyl (C=O) groups is 2. The van der Waals surface area contributed by atoms with Gasteiger partial charge in [-0.3, -0.25) is 4.79 Å². The monoisotopic (exact) mass is 739 g/mol. The Morgan fingerprint density at radius 2 is 1.64 bits per heavy atom. The van der Waals surface area contributed by atoms with E-state index in [1.165, 1.54) is 7.11 Å². The van der Waals surface area contributed by atoms with E-state index in [2.05, 4.69) is 25.6 Å². The zero-order valence-electron chi connectivity index (χ0n) is 30.1. The highest BCUT2D eigenvalue weighted by molar-refractivity contribution is 5.89. The van der Waals surface area contributed by atoms with E-state index in [1.54, 1.807) is 30.5 Å². The van der Waals surface area contributed by atoms with E-state index in [4.69, 9.17) is 9.72 Å². The third-order valence-corrected chi connectivity index (χ3v) is 12.1. The van der Waals surface area contributed by atoms with Crippen molar-refractivity contribution in [2.24, 2.45) is 5.92 Å². The van der Waals surface area contributed by atoms with Gasteiger partial charge >= 0.3 is 6.09 Å². The number of alkyl halides is 2. The number of rotatable bonds is 7. The predicted octanol–water partition coefficient (Wildman–Crippen LogP) is 8.31. The van der Waals surface area contributed by atoms with Crippen molar-refractivity contribution in [1.29, 1.82) is 0 Å². The van der Waals surface area contributed by atoms with E-state index in [-0.39, 0.29) is 41.1 Å². The zero-order valence-corrected chi connectivity index (χ0v) is 30.1. The summed E-state index contributed by atoms with van der Waals surface area (Å²) in [6.45, 7) is 0.944. The van der Waals surface area contributed by atoms with Crippen molar-refractivity contribution in [2.75, 3.05) is 13.7 Å². The fourth-order valence-electron chi connectivity index (χ4n) is 9.41. The van der Waals surface area contributed by atoms with Crippen LogP contribution in [0.4, 0.5) is 13.6 Å². The number of methoxy groups -OCH3 is 1. The highest BCUT2D eigenvalue weighted by Crippen LogP contribution is 2.53. The summed E-state index contributed by atoms with van der Waals surface area (Å²) in [6.07, 6.45) is 5.83. The minimum atomic E-state index is -3.18. The van der Waals surface area contributed by atoms with Gasteiger partial charge in [-0.25, -0.2) is 14.8 Å². The molecule has 0 unspecified atom stereocenters. The lowest BCUT2D eigenvalue weighted by Gasteiger charge is -2.36. The number of H-pyrrole nitrogens is 2. The number of aromatic nitrogens is 4. The summed E-state index contributed by atoms with van der Waals surface area (Å²) in [6, 6.07) is 24.4. The lowest BCUT2D eigenvalue weighted by atomic mass is 9.96. The van der Waals surface area contributed by atoms with E-state index >= 15 is 8.78 Å². The van der Waals surface area contributed by atoms with Gasteiger partial charge in [0.2, 0.25) is 0 Å². The Bertz CT molecular complexity index is 2470. The standard InChI is InChI=1S/C43H39F2N7O3/c1-55-42(54)51-37(23-6-3-2-4-7-23)41(53)52-28-13-9-27(18-28)38(52)40-48-33-16-12-25(21-35(33)49-40)24-10-14-29-30-15-11-26(20-32(30)43(44,45)31(29)19-24)36-22-47-39(50-36)34-8-5-17-46-34/h2-4,6-7,10-12,14-16,19-22,27-28,34,37-38,46H,5,8-9,13,17-18H2,1H3,(H,47,50)(H,48,49)(H,51,54)/t27-,28+,34-,37+,38-/m0/s1. The Labute approximate surface area is 315 Å². The molecule has 2 bridgehead atoms. The summed E-state index contributed by atoms with van der Waals surface area (Å²) >= 11 is 0. The van der Waals surface area contributed by atoms with Crippen LogP contribution in [-0.4, -0.2) is 56.5 Å². The van der Waals surface area contributed by atoms with Gasteiger partial charge in [-0.2, -0.15) is 8.78 Å². The molecule has 4 aromatic carbocycles. The van der Waals surface area contributed by atoms with Crippen LogP contribution in [0, 0.1) is 5.92 Å². The molecule has 278 valence electrons. The quantitative estimate of drug-likeness (QED) is 0.130. The fraction of sp³-hybridized carbons (Fsp3) is 0.302. The number of nitrogens with one attached hydrogen (secondary N) is 4. The molecule has 4 aliphatic rings. The zero-order chi connectivity index (χ0) is 37.4. The van der Waals surface area contributed by atoms with E-state index < -0.39 is 18.1 Å². The SMILES string of the molecule is COC(=O)N[C@@H](C(=O)N1[C@@H]2CC[C@@H](C2)[C@H]1c1nc2ccc(-c3ccc4c(c3)C(F)(F)c3cc(-c5cnc([C@@H]6CCCN6)[nH]5)ccc3-4)cc2[nH]1)c1ccccc1. The molecule has 1 saturated carbocycles. The van der Waals surface area contributed by atoms with Gasteiger partial charge in [0.15, 0.2) is 0 Å². The minimum Gasteiger partial charge on any atom is -0.453 e. The van der Waals surface area contributed by atoms with Crippen LogP contribution in [0.2, 0.25) is 0 Å². The number of aromatic amines is 2. The lowest BCUT2D eigenvalue weighted by Crippen LogP contribution is -2.47. The molecule has 4 heterocycles. The van der Waals surface area contributed by atoms with Gasteiger partial charge in [0.25, 0.3) is 11.8 Å². The Kier molecular flexibility index (Phi) is 7.88. The number of amides is 2. The molecular formula is C43H39F2N7O3. The molecule has 0 radical (unpaired) electrons. The van der Waals surface area contributed by atoms with Gasteiger partial charge < -0.3 is 30.2 Å². The van der Waals surface area contributed by atoms with Crippen molar-refractivity contribution in [3.8, 4) is 33.5 Å². The maximum absolute atomic E-state index is 16.3. The maximum Gasteiger partial charge on any atom is 0.407 e. The van der Waals surface area contributed by atoms with Crippen molar-refractivity contribution in [1.82, 2.24) is 35.5 Å². The Morgan fingerprint density at radius 3 is 2.40 bits per heavy atom. The number of nitrogens with zero attached hydrogens (tertiary/aromatic N) is 3. The van der Waals surface area contributed by atoms with Crippen LogP contribution in [0.1, 0.15) is 78.6 Å². The first-order chi connectivity index (χ1) is 26.8. The summed E-state index contributed by atoms with van der Waals surface area (Å²) in [5.41, 5.74) is 6.00. The van der Waals surface area contributed by atoms with Crippen molar-refractivity contribution >= 4 is 23.0 Å². The van der Waals surface area contributed by atoms with Crippen molar-refractivity contribution in [2.45, 2.75) is 62.2 Å². The van der Waals surface area contributed by atoms with Gasteiger partial charge in [0, 0.05) is 22.7 Å². The van der Waals surface area contributed by atoms with Crippen molar-refractivity contribution in [3.63, 3.8) is 0 Å². The number of benzene rings is 4. The molecule has 2 amide bonds. The Balaban J connectivity index is 0.940. The molecule has 0 spiro atoms. The molecular weight excluding hydrogens is 701 g/mol. The number of piperidine rings is 1. The summed E-state index contributed by atoms with van der Waals surface area (Å²) in [4.78, 5) is 45.0. The topological polar surface area (TPSA) is 128 Å². The van der Waals surface area contributed by atoms with Crippen molar-refractivity contribution < 1.29 is 23.1 Å². The number of ether oxygens (including phenoxy) is 1. The number of halogens is 2. The number of hydrogen-bond acceptors (Lipinski definition) is 6. The van der Waals surface area contributed by atoms with E-state index in [9.17, 15) is 9.59 Å². The number of fused-ring (bicyclic) bond motifs is 6. The molecule has 6 aromatic rings. The average Bonchev–Trinajstić information content (AvgIpc) is 4.08. The molecule has 55 heavy (non-hydrogen) atoms. The van der Waals surface area contributed by atoms with Crippen LogP contribution in [-0.2, 0) is 15.5 Å². The largest absolute Gasteiger partial charge is 0.453 e. The van der Waals surface area contributed by atoms with E-state index in [0.717, 1.165) is 66.8 Å². The minimum absolute atomic E-state index is 0.0118. The van der Waals surface area contributed by atoms with Crippen LogP contribution in [0.5, 0.6) is 0 Å². The number of imidazole rings is 2. The highest BCUT2D eigenvalue weighted by atomic mass is 19.3. The molecule has 4 N–H and O–H groups in total. The number of hydrogen-bond donors (Lipinski definition) is 4. The first kappa shape index (κ1) is 33.7. The second-order valence-corrected chi connectivity index (χ2v) is 15.2. The molecule has 2 aliphatic heterocycles. The van der Waals surface area contributed by atoms with Gasteiger partial charge in [-0.05, 0) is 96.6 Å². The number of carbonyl (C=O) groups excluding carboxylic acids is 2. The second-order valence-electron chi connectivity index (χ2n) is 15.2. The van der Waals surface area contributed by atoms with Crippen LogP contribution in [0.15, 0.2) is 91.1 Å². The third-order valence-electron chi connectivity index (χ3n) is 12.1. The molecule has 12 heteroatoms. The van der Waals surface area contributed by atoms with Crippen LogP contribution in [0.3, 0.4) is 0 Å². The Hall–Kier alpha value is -5.88. The molecule has 10 nitrogen and oxygen atoms in total. The molecule has 2 saturated heterocycles. The summed E-state index contributed by atoms with van der Waals surface area (Å²) in [5, 5.41) is 6.18. The molecule has 2 aliphatic carbocycles. The predicted molar refractivity (Wildman–Crippen MR) is 203 cm³/mol. The molecule has 10 rings (SSSR count). The van der Waals surface area contributed by atoms with Gasteiger partial charge in [0.05, 0.1) is 42.1 Å². The second kappa shape index (κ2) is 12.9. The molecule has 3 fully saturated rings. The van der Waals surface area contributed by atoms with Crippen molar-refractivity contribution in [3.05, 3.63) is 119 Å². The average molecular weight is 740 g/mol. The van der Waals surface area contributed by atoms with Gasteiger partial charge in [-0.15, -0.1) is 0 Å². The lowest BCUT2D eigenvalue weighted by molar-refractivity contribution is -0.138. The maximum atomic E-state index is 16.3. The number of alkyl carbamates (subject to hydrolysis) is 1. The third kappa shape index (κ3) is 5.52. The fourth-order valence-corrected chi connectivity index (χ4v) is 9.41. The highest BCUT2D eigenvalue weighted by Gasteiger charge is 2.51. The van der Waals surface area contributed by atoms with Crippen LogP contribution < -0.4 is 10.6 Å². The van der Waals surface area contributed by atoms with Gasteiger partial charge in [-0.1, -0.05) is 60.7 Å². The van der Waals surface area contributed by atoms with Crippen LogP contribution in [0.25, 0.3) is 44.5 Å².